The van der Waals surface area contributed by atoms with E-state index in [2.05, 4.69) is 24.1 Å². The van der Waals surface area contributed by atoms with Gasteiger partial charge in [-0.2, -0.15) is 0 Å². The fourth-order valence-corrected chi connectivity index (χ4v) is 4.26. The molecule has 2 atom stereocenters. The molecule has 0 aromatic carbocycles. The van der Waals surface area contributed by atoms with Gasteiger partial charge in [-0.3, -0.25) is 4.90 Å². The van der Waals surface area contributed by atoms with Crippen molar-refractivity contribution in [2.24, 2.45) is 5.92 Å². The molecule has 2 unspecified atom stereocenters. The van der Waals surface area contributed by atoms with Gasteiger partial charge in [-0.25, -0.2) is 0 Å². The van der Waals surface area contributed by atoms with Crippen molar-refractivity contribution in [1.29, 1.82) is 0 Å². The van der Waals surface area contributed by atoms with Gasteiger partial charge in [0.1, 0.15) is 0 Å². The molecule has 0 amide bonds. The van der Waals surface area contributed by atoms with E-state index in [0.717, 1.165) is 18.0 Å². The van der Waals surface area contributed by atoms with Crippen LogP contribution >= 0.6 is 0 Å². The highest BCUT2D eigenvalue weighted by Crippen LogP contribution is 2.40. The van der Waals surface area contributed by atoms with Crippen molar-refractivity contribution in [1.82, 2.24) is 10.2 Å². The molecule has 2 aliphatic carbocycles. The van der Waals surface area contributed by atoms with Crippen LogP contribution in [0.2, 0.25) is 0 Å². The van der Waals surface area contributed by atoms with E-state index >= 15 is 0 Å². The average molecular weight is 250 g/mol. The molecule has 18 heavy (non-hydrogen) atoms. The van der Waals surface area contributed by atoms with Crippen LogP contribution in [0, 0.1) is 5.92 Å². The van der Waals surface area contributed by atoms with E-state index in [-0.39, 0.29) is 0 Å². The molecule has 2 saturated carbocycles. The first-order chi connectivity index (χ1) is 8.73. The summed E-state index contributed by atoms with van der Waals surface area (Å²) < 4.78 is 0. The quantitative estimate of drug-likeness (QED) is 0.827. The molecule has 1 N–H and O–H groups in total. The largest absolute Gasteiger partial charge is 0.311 e. The molecule has 3 fully saturated rings. The maximum Gasteiger partial charge on any atom is 0.0224 e. The van der Waals surface area contributed by atoms with Crippen LogP contribution in [0.5, 0.6) is 0 Å². The highest BCUT2D eigenvalue weighted by Gasteiger charge is 2.43. The van der Waals surface area contributed by atoms with E-state index in [1.54, 1.807) is 0 Å². The second kappa shape index (κ2) is 5.13. The lowest BCUT2D eigenvalue weighted by Crippen LogP contribution is -2.64. The Hall–Kier alpha value is -0.0800. The van der Waals surface area contributed by atoms with E-state index in [1.807, 2.05) is 0 Å². The first-order valence-electron chi connectivity index (χ1n) is 8.23. The van der Waals surface area contributed by atoms with Crippen LogP contribution in [0.4, 0.5) is 0 Å². The number of hydrogen-bond acceptors (Lipinski definition) is 2. The molecule has 1 aliphatic heterocycles. The second-order valence-electron chi connectivity index (χ2n) is 7.12. The predicted octanol–water partition coefficient (Wildman–Crippen LogP) is 3.17. The van der Waals surface area contributed by atoms with Gasteiger partial charge in [0, 0.05) is 30.7 Å². The van der Waals surface area contributed by atoms with Gasteiger partial charge >= 0.3 is 0 Å². The zero-order chi connectivity index (χ0) is 12.6. The first-order valence-corrected chi connectivity index (χ1v) is 8.23. The number of nitrogens with zero attached hydrogens (tertiary/aromatic N) is 1. The van der Waals surface area contributed by atoms with E-state index in [1.165, 1.54) is 64.5 Å². The summed E-state index contributed by atoms with van der Waals surface area (Å²) >= 11 is 0. The fraction of sp³-hybridized carbons (Fsp3) is 1.00. The van der Waals surface area contributed by atoms with Crippen LogP contribution in [-0.4, -0.2) is 35.6 Å². The van der Waals surface area contributed by atoms with Crippen LogP contribution in [0.25, 0.3) is 0 Å². The molecular formula is C16H30N2. The fourth-order valence-electron chi connectivity index (χ4n) is 4.26. The summed E-state index contributed by atoms with van der Waals surface area (Å²) in [6.07, 6.45) is 11.5. The third kappa shape index (κ3) is 2.46. The van der Waals surface area contributed by atoms with Crippen LogP contribution in [0.1, 0.15) is 65.2 Å². The molecule has 1 heterocycles. The lowest BCUT2D eigenvalue weighted by molar-refractivity contribution is -0.00748. The molecule has 0 spiro atoms. The lowest BCUT2D eigenvalue weighted by Gasteiger charge is -2.52. The highest BCUT2D eigenvalue weighted by atomic mass is 15.3. The van der Waals surface area contributed by atoms with E-state index in [9.17, 15) is 0 Å². The van der Waals surface area contributed by atoms with Gasteiger partial charge in [-0.15, -0.1) is 0 Å². The van der Waals surface area contributed by atoms with E-state index < -0.39 is 0 Å². The summed E-state index contributed by atoms with van der Waals surface area (Å²) in [5, 5.41) is 3.83. The summed E-state index contributed by atoms with van der Waals surface area (Å²) in [7, 11) is 0. The maximum atomic E-state index is 3.83. The van der Waals surface area contributed by atoms with Crippen molar-refractivity contribution in [2.45, 2.75) is 82.8 Å². The number of piperazine rings is 1. The predicted molar refractivity (Wildman–Crippen MR) is 76.8 cm³/mol. The van der Waals surface area contributed by atoms with Crippen LogP contribution in [-0.2, 0) is 0 Å². The van der Waals surface area contributed by atoms with Crippen LogP contribution in [0.15, 0.2) is 0 Å². The number of nitrogens with one attached hydrogen (secondary N) is 1. The van der Waals surface area contributed by atoms with Crippen LogP contribution in [0.3, 0.4) is 0 Å². The minimum atomic E-state index is 0.508. The first kappa shape index (κ1) is 12.9. The Kier molecular flexibility index (Phi) is 3.68. The van der Waals surface area contributed by atoms with Crippen molar-refractivity contribution in [3.8, 4) is 0 Å². The smallest absolute Gasteiger partial charge is 0.0224 e. The van der Waals surface area contributed by atoms with Gasteiger partial charge in [-0.05, 0) is 44.9 Å². The minimum Gasteiger partial charge on any atom is -0.311 e. The standard InChI is InChI=1S/C16H30N2/c1-3-14-11-17-15(13-7-8-13)12-18(14)16(2)9-5-4-6-10-16/h13-15,17H,3-12H2,1-2H3. The van der Waals surface area contributed by atoms with Crippen LogP contribution < -0.4 is 5.32 Å². The summed E-state index contributed by atoms with van der Waals surface area (Å²) in [4.78, 5) is 2.91. The molecule has 1 saturated heterocycles. The van der Waals surface area contributed by atoms with Gasteiger partial charge in [0.15, 0.2) is 0 Å². The topological polar surface area (TPSA) is 15.3 Å². The Morgan fingerprint density at radius 1 is 1.17 bits per heavy atom. The highest BCUT2D eigenvalue weighted by molar-refractivity contribution is 5.00. The third-order valence-corrected chi connectivity index (χ3v) is 5.74. The Labute approximate surface area is 113 Å². The van der Waals surface area contributed by atoms with Gasteiger partial charge in [0.05, 0.1) is 0 Å². The minimum absolute atomic E-state index is 0.508. The molecule has 0 aromatic rings. The zero-order valence-electron chi connectivity index (χ0n) is 12.3. The monoisotopic (exact) mass is 250 g/mol. The summed E-state index contributed by atoms with van der Waals surface area (Å²) in [6.45, 7) is 7.46. The SMILES string of the molecule is CCC1CNC(C2CC2)CN1C1(C)CCCCC1. The van der Waals surface area contributed by atoms with Crippen molar-refractivity contribution >= 4 is 0 Å². The molecule has 0 radical (unpaired) electrons. The molecular weight excluding hydrogens is 220 g/mol. The summed E-state index contributed by atoms with van der Waals surface area (Å²) in [5.74, 6) is 0.998. The van der Waals surface area contributed by atoms with Gasteiger partial charge in [-0.1, -0.05) is 26.2 Å². The molecule has 104 valence electrons. The summed E-state index contributed by atoms with van der Waals surface area (Å²) in [5.41, 5.74) is 0.508. The van der Waals surface area contributed by atoms with E-state index in [0.29, 0.717) is 5.54 Å². The third-order valence-electron chi connectivity index (χ3n) is 5.74. The molecule has 0 bridgehead atoms. The Balaban J connectivity index is 1.71. The Morgan fingerprint density at radius 2 is 1.89 bits per heavy atom. The molecule has 2 nitrogen and oxygen atoms in total. The lowest BCUT2D eigenvalue weighted by atomic mass is 9.79. The van der Waals surface area contributed by atoms with E-state index in [4.69, 9.17) is 0 Å². The van der Waals surface area contributed by atoms with Crippen molar-refractivity contribution in [3.63, 3.8) is 0 Å². The number of rotatable bonds is 3. The molecule has 2 heteroatoms. The molecule has 0 aromatic heterocycles. The Bertz CT molecular complexity index is 279. The molecule has 3 rings (SSSR count). The zero-order valence-corrected chi connectivity index (χ0v) is 12.3. The van der Waals surface area contributed by atoms with Crippen molar-refractivity contribution in [2.75, 3.05) is 13.1 Å². The molecule has 3 aliphatic rings. The van der Waals surface area contributed by atoms with Crippen molar-refractivity contribution < 1.29 is 0 Å². The Morgan fingerprint density at radius 3 is 2.50 bits per heavy atom. The van der Waals surface area contributed by atoms with Gasteiger partial charge < -0.3 is 5.32 Å². The van der Waals surface area contributed by atoms with Gasteiger partial charge in [0.2, 0.25) is 0 Å². The van der Waals surface area contributed by atoms with Crippen molar-refractivity contribution in [3.05, 3.63) is 0 Å². The number of hydrogen-bond donors (Lipinski definition) is 1. The average Bonchev–Trinajstić information content (AvgIpc) is 3.23. The summed E-state index contributed by atoms with van der Waals surface area (Å²) in [6, 6.07) is 1.58. The normalized spacial score (nSPS) is 37.7. The van der Waals surface area contributed by atoms with Gasteiger partial charge in [0.25, 0.3) is 0 Å². The maximum absolute atomic E-state index is 3.83. The second-order valence-corrected chi connectivity index (χ2v) is 7.12.